The lowest BCUT2D eigenvalue weighted by atomic mass is 9.92. The molecule has 0 saturated carbocycles. The molecular formula is C16H18F3NO3. The van der Waals surface area contributed by atoms with Gasteiger partial charge in [-0.3, -0.25) is 9.59 Å². The van der Waals surface area contributed by atoms with Gasteiger partial charge >= 0.3 is 12.1 Å². The lowest BCUT2D eigenvalue weighted by Gasteiger charge is -2.21. The van der Waals surface area contributed by atoms with Crippen LogP contribution < -0.4 is 0 Å². The van der Waals surface area contributed by atoms with Crippen LogP contribution in [0.5, 0.6) is 0 Å². The first-order chi connectivity index (χ1) is 10.7. The lowest BCUT2D eigenvalue weighted by molar-refractivity contribution is -0.142. The summed E-state index contributed by atoms with van der Waals surface area (Å²) >= 11 is 0. The minimum atomic E-state index is -4.46. The number of likely N-dealkylation sites (tertiary alicyclic amines) is 1. The van der Waals surface area contributed by atoms with Crippen molar-refractivity contribution in [2.24, 2.45) is 5.92 Å². The Morgan fingerprint density at radius 1 is 1.35 bits per heavy atom. The van der Waals surface area contributed by atoms with E-state index < -0.39 is 29.5 Å². The number of carbonyl (C=O) groups is 2. The third-order valence-electron chi connectivity index (χ3n) is 4.17. The average Bonchev–Trinajstić information content (AvgIpc) is 2.96. The number of carboxylic acids is 1. The minimum absolute atomic E-state index is 0.0700. The van der Waals surface area contributed by atoms with Crippen molar-refractivity contribution in [2.75, 3.05) is 13.1 Å². The molecule has 1 amide bonds. The number of hydrogen-bond acceptors (Lipinski definition) is 2. The molecule has 1 aromatic rings. The first kappa shape index (κ1) is 17.3. The van der Waals surface area contributed by atoms with Gasteiger partial charge < -0.3 is 10.0 Å². The SMILES string of the molecule is C[C@@H](CC(=O)N1CC[C@H](C(=O)O)C1)c1ccccc1C(F)(F)F. The summed E-state index contributed by atoms with van der Waals surface area (Å²) in [6.45, 7) is 2.04. The maximum absolute atomic E-state index is 13.0. The number of carboxylic acid groups (broad SMARTS) is 1. The fourth-order valence-corrected chi connectivity index (χ4v) is 2.87. The third-order valence-corrected chi connectivity index (χ3v) is 4.17. The summed E-state index contributed by atoms with van der Waals surface area (Å²) in [7, 11) is 0. The monoisotopic (exact) mass is 329 g/mol. The number of aliphatic carboxylic acids is 1. The van der Waals surface area contributed by atoms with Crippen LogP contribution in [0, 0.1) is 5.92 Å². The molecule has 1 aromatic carbocycles. The molecule has 2 atom stereocenters. The molecule has 1 aliphatic heterocycles. The van der Waals surface area contributed by atoms with Crippen LogP contribution in [0.25, 0.3) is 0 Å². The molecule has 23 heavy (non-hydrogen) atoms. The highest BCUT2D eigenvalue weighted by atomic mass is 19.4. The molecule has 0 bridgehead atoms. The fourth-order valence-electron chi connectivity index (χ4n) is 2.87. The Morgan fingerprint density at radius 3 is 2.57 bits per heavy atom. The standard InChI is InChI=1S/C16H18F3NO3/c1-10(12-4-2-3-5-13(12)16(17,18)19)8-14(21)20-7-6-11(9-20)15(22)23/h2-5,10-11H,6-9H2,1H3,(H,22,23)/t10-,11-/m0/s1. The van der Waals surface area contributed by atoms with Crippen molar-refractivity contribution in [1.82, 2.24) is 4.90 Å². The Labute approximate surface area is 131 Å². The molecule has 0 aromatic heterocycles. The van der Waals surface area contributed by atoms with E-state index in [9.17, 15) is 22.8 Å². The van der Waals surface area contributed by atoms with Crippen LogP contribution in [0.2, 0.25) is 0 Å². The second kappa shape index (κ2) is 6.60. The van der Waals surface area contributed by atoms with Crippen molar-refractivity contribution in [3.8, 4) is 0 Å². The van der Waals surface area contributed by atoms with E-state index >= 15 is 0 Å². The zero-order valence-electron chi connectivity index (χ0n) is 12.6. The van der Waals surface area contributed by atoms with Gasteiger partial charge in [-0.2, -0.15) is 13.2 Å². The second-order valence-electron chi connectivity index (χ2n) is 5.85. The minimum Gasteiger partial charge on any atom is -0.481 e. The van der Waals surface area contributed by atoms with Gasteiger partial charge in [-0.15, -0.1) is 0 Å². The molecule has 0 unspecified atom stereocenters. The highest BCUT2D eigenvalue weighted by molar-refractivity contribution is 5.79. The number of hydrogen-bond donors (Lipinski definition) is 1. The first-order valence-corrected chi connectivity index (χ1v) is 7.37. The number of nitrogens with zero attached hydrogens (tertiary/aromatic N) is 1. The molecule has 1 heterocycles. The van der Waals surface area contributed by atoms with Crippen molar-refractivity contribution < 1.29 is 27.9 Å². The highest BCUT2D eigenvalue weighted by Gasteiger charge is 2.35. The van der Waals surface area contributed by atoms with E-state index in [-0.39, 0.29) is 24.4 Å². The molecule has 126 valence electrons. The largest absolute Gasteiger partial charge is 0.481 e. The Kier molecular flexibility index (Phi) is 4.97. The van der Waals surface area contributed by atoms with Crippen molar-refractivity contribution in [1.29, 1.82) is 0 Å². The summed E-state index contributed by atoms with van der Waals surface area (Å²) in [4.78, 5) is 24.5. The predicted octanol–water partition coefficient (Wildman–Crippen LogP) is 3.13. The van der Waals surface area contributed by atoms with Gasteiger partial charge in [-0.25, -0.2) is 0 Å². The number of carbonyl (C=O) groups excluding carboxylic acids is 1. The molecule has 0 radical (unpaired) electrons. The molecule has 1 aliphatic rings. The average molecular weight is 329 g/mol. The summed E-state index contributed by atoms with van der Waals surface area (Å²) in [6.07, 6.45) is -4.15. The van der Waals surface area contributed by atoms with Crippen molar-refractivity contribution >= 4 is 11.9 Å². The molecule has 4 nitrogen and oxygen atoms in total. The van der Waals surface area contributed by atoms with E-state index in [4.69, 9.17) is 5.11 Å². The molecule has 1 fully saturated rings. The van der Waals surface area contributed by atoms with Crippen LogP contribution in [0.1, 0.15) is 36.8 Å². The summed E-state index contributed by atoms with van der Waals surface area (Å²) in [5.41, 5.74) is -0.646. The van der Waals surface area contributed by atoms with Crippen molar-refractivity contribution in [2.45, 2.75) is 31.9 Å². The van der Waals surface area contributed by atoms with E-state index in [1.807, 2.05) is 0 Å². The Bertz CT molecular complexity index is 600. The van der Waals surface area contributed by atoms with E-state index in [2.05, 4.69) is 0 Å². The van der Waals surface area contributed by atoms with Gasteiger partial charge in [-0.1, -0.05) is 25.1 Å². The lowest BCUT2D eigenvalue weighted by Crippen LogP contribution is -2.30. The van der Waals surface area contributed by atoms with Gasteiger partial charge in [0.15, 0.2) is 0 Å². The Morgan fingerprint density at radius 2 is 2.00 bits per heavy atom. The first-order valence-electron chi connectivity index (χ1n) is 7.37. The van der Waals surface area contributed by atoms with Gasteiger partial charge in [0.1, 0.15) is 0 Å². The van der Waals surface area contributed by atoms with Crippen molar-refractivity contribution in [3.63, 3.8) is 0 Å². The maximum atomic E-state index is 13.0. The zero-order chi connectivity index (χ0) is 17.2. The maximum Gasteiger partial charge on any atom is 0.416 e. The molecule has 2 rings (SSSR count). The summed E-state index contributed by atoms with van der Waals surface area (Å²) in [6, 6.07) is 5.22. The fraction of sp³-hybridized carbons (Fsp3) is 0.500. The van der Waals surface area contributed by atoms with E-state index in [0.29, 0.717) is 13.0 Å². The van der Waals surface area contributed by atoms with Crippen LogP contribution in [0.4, 0.5) is 13.2 Å². The summed E-state index contributed by atoms with van der Waals surface area (Å²) in [5, 5.41) is 8.94. The molecule has 1 saturated heterocycles. The number of halogens is 3. The van der Waals surface area contributed by atoms with Gasteiger partial charge in [0.05, 0.1) is 11.5 Å². The smallest absolute Gasteiger partial charge is 0.416 e. The molecule has 0 aliphatic carbocycles. The van der Waals surface area contributed by atoms with Gasteiger partial charge in [0.25, 0.3) is 0 Å². The number of amides is 1. The van der Waals surface area contributed by atoms with E-state index in [0.717, 1.165) is 6.07 Å². The van der Waals surface area contributed by atoms with Crippen LogP contribution in [-0.4, -0.2) is 35.0 Å². The highest BCUT2D eigenvalue weighted by Crippen LogP contribution is 2.36. The third kappa shape index (κ3) is 4.03. The summed E-state index contributed by atoms with van der Waals surface area (Å²) in [5.74, 6) is -2.44. The van der Waals surface area contributed by atoms with Crippen molar-refractivity contribution in [3.05, 3.63) is 35.4 Å². The predicted molar refractivity (Wildman–Crippen MR) is 76.8 cm³/mol. The Hall–Kier alpha value is -2.05. The molecular weight excluding hydrogens is 311 g/mol. The van der Waals surface area contributed by atoms with Gasteiger partial charge in [0.2, 0.25) is 5.91 Å². The topological polar surface area (TPSA) is 57.6 Å². The second-order valence-corrected chi connectivity index (χ2v) is 5.85. The van der Waals surface area contributed by atoms with E-state index in [1.165, 1.54) is 23.1 Å². The quantitative estimate of drug-likeness (QED) is 0.923. The van der Waals surface area contributed by atoms with Crippen LogP contribution >= 0.6 is 0 Å². The summed E-state index contributed by atoms with van der Waals surface area (Å²) < 4.78 is 39.1. The zero-order valence-corrected chi connectivity index (χ0v) is 12.6. The van der Waals surface area contributed by atoms with Crippen LogP contribution in [0.15, 0.2) is 24.3 Å². The molecule has 0 spiro atoms. The van der Waals surface area contributed by atoms with Gasteiger partial charge in [0, 0.05) is 19.5 Å². The number of benzene rings is 1. The normalized spacial score (nSPS) is 19.7. The van der Waals surface area contributed by atoms with Gasteiger partial charge in [-0.05, 0) is 24.0 Å². The van der Waals surface area contributed by atoms with Crippen LogP contribution in [-0.2, 0) is 15.8 Å². The molecule has 7 heteroatoms. The van der Waals surface area contributed by atoms with E-state index in [1.54, 1.807) is 6.92 Å². The Balaban J connectivity index is 2.07. The number of alkyl halides is 3. The van der Waals surface area contributed by atoms with Crippen LogP contribution in [0.3, 0.4) is 0 Å². The molecule has 1 N–H and O–H groups in total. The number of rotatable bonds is 4.